The van der Waals surface area contributed by atoms with E-state index >= 15 is 0 Å². The number of carbonyl (C=O) groups is 1. The number of quaternary nitrogens is 1. The highest BCUT2D eigenvalue weighted by molar-refractivity contribution is 7.11. The standard InChI is InChI=1S/C18H10ClN2OS.C2H7N/c19-15-9-5-4-8-13(15)17(22)14(10-20)18-21-16(11-23-18)12-6-2-1-3-7-12;1-3-2/h1-9,11H;3H,1-2H3/q-1;/p+1. The van der Waals surface area contributed by atoms with Crippen LogP contribution in [0.3, 0.4) is 0 Å². The van der Waals surface area contributed by atoms with E-state index in [1.54, 1.807) is 24.3 Å². The molecule has 0 unspecified atom stereocenters. The Kier molecular flexibility index (Phi) is 7.45. The van der Waals surface area contributed by atoms with Crippen molar-refractivity contribution in [2.45, 2.75) is 0 Å². The summed E-state index contributed by atoms with van der Waals surface area (Å²) < 4.78 is 0. The van der Waals surface area contributed by atoms with Crippen LogP contribution in [0.15, 0.2) is 60.0 Å². The fraction of sp³-hybridized carbons (Fsp3) is 0.100. The minimum Gasteiger partial charge on any atom is -0.763 e. The van der Waals surface area contributed by atoms with E-state index in [4.69, 9.17) is 11.6 Å². The Labute approximate surface area is 161 Å². The van der Waals surface area contributed by atoms with E-state index < -0.39 is 5.78 Å². The molecule has 132 valence electrons. The first-order valence-electron chi connectivity index (χ1n) is 7.94. The number of hydrogen-bond acceptors (Lipinski definition) is 3. The number of nitrogens with two attached hydrogens (primary N) is 1. The van der Waals surface area contributed by atoms with Crippen molar-refractivity contribution in [3.63, 3.8) is 0 Å². The number of Topliss-reactive ketones (excluding diaryl/α,β-unsaturated/α-hetero) is 1. The summed E-state index contributed by atoms with van der Waals surface area (Å²) >= 11 is 7.32. The number of aromatic nitrogens is 1. The molecular formula is C20H18ClN3OS. The lowest BCUT2D eigenvalue weighted by Gasteiger charge is -2.04. The van der Waals surface area contributed by atoms with Crippen LogP contribution < -0.4 is 5.32 Å². The van der Waals surface area contributed by atoms with Crippen LogP contribution in [0, 0.1) is 0 Å². The Hall–Kier alpha value is -2.56. The summed E-state index contributed by atoms with van der Waals surface area (Å²) in [6.45, 7) is 0. The number of ketones is 1. The normalized spacial score (nSPS) is 9.65. The maximum absolute atomic E-state index is 12.6. The number of allylic oxidation sites excluding steroid dienone is 1. The van der Waals surface area contributed by atoms with E-state index in [0.717, 1.165) is 11.3 Å². The predicted octanol–water partition coefficient (Wildman–Crippen LogP) is 3.78. The lowest BCUT2D eigenvalue weighted by atomic mass is 10.0. The molecule has 0 fully saturated rings. The summed E-state index contributed by atoms with van der Waals surface area (Å²) in [6, 6.07) is 16.3. The fourth-order valence-electron chi connectivity index (χ4n) is 2.11. The van der Waals surface area contributed by atoms with Crippen molar-refractivity contribution in [1.29, 1.82) is 0 Å². The quantitative estimate of drug-likeness (QED) is 0.423. The van der Waals surface area contributed by atoms with Gasteiger partial charge in [-0.1, -0.05) is 54.1 Å². The Morgan fingerprint density at radius 1 is 1.12 bits per heavy atom. The third kappa shape index (κ3) is 4.75. The van der Waals surface area contributed by atoms with Crippen molar-refractivity contribution in [3.8, 4) is 11.3 Å². The van der Waals surface area contributed by atoms with Crippen molar-refractivity contribution < 1.29 is 10.1 Å². The van der Waals surface area contributed by atoms with Crippen LogP contribution in [-0.4, -0.2) is 30.7 Å². The molecule has 0 saturated carbocycles. The Bertz CT molecular complexity index is 931. The fourth-order valence-corrected chi connectivity index (χ4v) is 3.15. The molecule has 0 radical (unpaired) electrons. The van der Waals surface area contributed by atoms with E-state index in [1.807, 2.05) is 61.0 Å². The minimum atomic E-state index is -0.410. The van der Waals surface area contributed by atoms with Gasteiger partial charge in [-0.25, -0.2) is 4.98 Å². The summed E-state index contributed by atoms with van der Waals surface area (Å²) in [5.74, 6) is 1.55. The van der Waals surface area contributed by atoms with Gasteiger partial charge < -0.3 is 10.7 Å². The van der Waals surface area contributed by atoms with E-state index in [2.05, 4.69) is 4.98 Å². The van der Waals surface area contributed by atoms with Gasteiger partial charge in [-0.3, -0.25) is 10.7 Å². The van der Waals surface area contributed by atoms with Gasteiger partial charge in [-0.05, 0) is 12.1 Å². The summed E-state index contributed by atoms with van der Waals surface area (Å²) in [4.78, 5) is 17.0. The molecular weight excluding hydrogens is 366 g/mol. The molecule has 6 heteroatoms. The first kappa shape index (κ1) is 19.8. The minimum absolute atomic E-state index is 0.00489. The molecule has 3 aromatic rings. The number of hydrogen-bond donors (Lipinski definition) is 1. The molecule has 0 saturated heterocycles. The van der Waals surface area contributed by atoms with Gasteiger partial charge in [0.25, 0.3) is 0 Å². The SMILES string of the molecule is C[NH2+]C.[N-]=C=C(C(=O)c1ccccc1Cl)c1nc(-c2ccccc2)cs1. The zero-order chi connectivity index (χ0) is 18.9. The highest BCUT2D eigenvalue weighted by atomic mass is 35.5. The second kappa shape index (κ2) is 9.80. The van der Waals surface area contributed by atoms with Gasteiger partial charge in [-0.2, -0.15) is 0 Å². The molecule has 0 spiro atoms. The largest absolute Gasteiger partial charge is 0.763 e. The van der Waals surface area contributed by atoms with Crippen LogP contribution in [0.5, 0.6) is 0 Å². The van der Waals surface area contributed by atoms with Gasteiger partial charge in [0, 0.05) is 16.5 Å². The summed E-state index contributed by atoms with van der Waals surface area (Å²) in [6.07, 6.45) is 0. The number of rotatable bonds is 4. The van der Waals surface area contributed by atoms with Crippen molar-refractivity contribution in [3.05, 3.63) is 81.0 Å². The second-order valence-corrected chi connectivity index (χ2v) is 6.54. The first-order valence-corrected chi connectivity index (χ1v) is 9.19. The molecule has 1 aromatic heterocycles. The zero-order valence-electron chi connectivity index (χ0n) is 14.4. The van der Waals surface area contributed by atoms with Crippen LogP contribution in [0.25, 0.3) is 22.2 Å². The van der Waals surface area contributed by atoms with Gasteiger partial charge in [0.05, 0.1) is 30.4 Å². The van der Waals surface area contributed by atoms with E-state index in [0.29, 0.717) is 15.6 Å². The van der Waals surface area contributed by atoms with Crippen LogP contribution in [-0.2, 0) is 0 Å². The number of thiazole rings is 1. The molecule has 0 amide bonds. The maximum Gasteiger partial charge on any atom is 0.203 e. The van der Waals surface area contributed by atoms with Gasteiger partial charge in [0.1, 0.15) is 5.01 Å². The van der Waals surface area contributed by atoms with Crippen molar-refractivity contribution in [1.82, 2.24) is 4.98 Å². The average molecular weight is 384 g/mol. The Morgan fingerprint density at radius 2 is 1.73 bits per heavy atom. The molecule has 2 N–H and O–H groups in total. The van der Waals surface area contributed by atoms with E-state index in [9.17, 15) is 10.2 Å². The smallest absolute Gasteiger partial charge is 0.203 e. The monoisotopic (exact) mass is 383 g/mol. The van der Waals surface area contributed by atoms with Crippen LogP contribution >= 0.6 is 22.9 Å². The van der Waals surface area contributed by atoms with Gasteiger partial charge >= 0.3 is 0 Å². The van der Waals surface area contributed by atoms with Crippen LogP contribution in [0.1, 0.15) is 15.4 Å². The molecule has 0 bridgehead atoms. The summed E-state index contributed by atoms with van der Waals surface area (Å²) in [5, 5.41) is 14.0. The highest BCUT2D eigenvalue weighted by Crippen LogP contribution is 2.28. The van der Waals surface area contributed by atoms with Crippen molar-refractivity contribution in [2.24, 2.45) is 0 Å². The number of nitrogens with zero attached hydrogens (tertiary/aromatic N) is 2. The summed E-state index contributed by atoms with van der Waals surface area (Å²) in [7, 11) is 4.00. The van der Waals surface area contributed by atoms with Gasteiger partial charge in [0.2, 0.25) is 5.78 Å². The average Bonchev–Trinajstić information content (AvgIpc) is 3.14. The van der Waals surface area contributed by atoms with Crippen molar-refractivity contribution in [2.75, 3.05) is 14.1 Å². The summed E-state index contributed by atoms with van der Waals surface area (Å²) in [5.41, 5.74) is 2.00. The number of carbonyl (C=O) groups excluding carboxylic acids is 1. The Morgan fingerprint density at radius 3 is 2.35 bits per heavy atom. The third-order valence-corrected chi connectivity index (χ3v) is 4.43. The van der Waals surface area contributed by atoms with E-state index in [1.165, 1.54) is 11.3 Å². The first-order chi connectivity index (χ1) is 12.6. The third-order valence-electron chi connectivity index (χ3n) is 3.24. The number of halogens is 1. The van der Waals surface area contributed by atoms with Crippen LogP contribution in [0.4, 0.5) is 0 Å². The zero-order valence-corrected chi connectivity index (χ0v) is 16.0. The molecule has 3 rings (SSSR count). The predicted molar refractivity (Wildman–Crippen MR) is 109 cm³/mol. The molecule has 1 heterocycles. The molecule has 4 nitrogen and oxygen atoms in total. The van der Waals surface area contributed by atoms with Gasteiger partial charge in [0.15, 0.2) is 0 Å². The Balaban J connectivity index is 0.000000758. The van der Waals surface area contributed by atoms with E-state index in [-0.39, 0.29) is 5.57 Å². The number of benzene rings is 2. The van der Waals surface area contributed by atoms with Crippen LogP contribution in [0.2, 0.25) is 5.02 Å². The molecule has 2 aromatic carbocycles. The second-order valence-electron chi connectivity index (χ2n) is 5.28. The lowest BCUT2D eigenvalue weighted by Crippen LogP contribution is -2.74. The molecule has 0 aliphatic carbocycles. The molecule has 0 atom stereocenters. The highest BCUT2D eigenvalue weighted by Gasteiger charge is 2.18. The topological polar surface area (TPSA) is 68.9 Å². The molecule has 26 heavy (non-hydrogen) atoms. The van der Waals surface area contributed by atoms with Gasteiger partial charge in [-0.15, -0.1) is 11.3 Å². The maximum atomic E-state index is 12.6. The van der Waals surface area contributed by atoms with Crippen molar-refractivity contribution >= 4 is 40.2 Å². The molecule has 0 aliphatic heterocycles. The molecule has 0 aliphatic rings. The lowest BCUT2D eigenvalue weighted by molar-refractivity contribution is -0.597.